The van der Waals surface area contributed by atoms with E-state index in [4.69, 9.17) is 17.3 Å². The van der Waals surface area contributed by atoms with Gasteiger partial charge in [-0.3, -0.25) is 4.79 Å². The van der Waals surface area contributed by atoms with E-state index in [0.717, 1.165) is 35.4 Å². The Morgan fingerprint density at radius 3 is 2.78 bits per heavy atom. The summed E-state index contributed by atoms with van der Waals surface area (Å²) in [6, 6.07) is 5.87. The number of allylic oxidation sites excluding steroid dienone is 6. The number of benzene rings is 1. The van der Waals surface area contributed by atoms with Gasteiger partial charge in [0.1, 0.15) is 0 Å². The minimum absolute atomic E-state index is 0.0191. The topological polar surface area (TPSA) is 55.1 Å². The van der Waals surface area contributed by atoms with Gasteiger partial charge in [0.05, 0.1) is 0 Å². The summed E-state index contributed by atoms with van der Waals surface area (Å²) in [5, 5.41) is 3.47. The first-order chi connectivity index (χ1) is 12.9. The zero-order valence-electron chi connectivity index (χ0n) is 16.5. The number of aryl methyl sites for hydroxylation is 1. The van der Waals surface area contributed by atoms with Crippen molar-refractivity contribution in [2.75, 3.05) is 0 Å². The van der Waals surface area contributed by atoms with Crippen LogP contribution in [0, 0.1) is 6.92 Å². The normalized spacial score (nSPS) is 16.2. The smallest absolute Gasteiger partial charge is 0.217 e. The van der Waals surface area contributed by atoms with Crippen molar-refractivity contribution in [2.24, 2.45) is 5.73 Å². The molecule has 2 rings (SSSR count). The zero-order chi connectivity index (χ0) is 20.1. The highest BCUT2D eigenvalue weighted by Crippen LogP contribution is 2.16. The Bertz CT molecular complexity index is 717. The summed E-state index contributed by atoms with van der Waals surface area (Å²) in [5.41, 5.74) is 9.48. The molecule has 146 valence electrons. The zero-order valence-corrected chi connectivity index (χ0v) is 17.3. The van der Waals surface area contributed by atoms with Gasteiger partial charge in [-0.1, -0.05) is 65.8 Å². The van der Waals surface area contributed by atoms with E-state index in [1.165, 1.54) is 12.5 Å². The lowest BCUT2D eigenvalue weighted by Crippen LogP contribution is -2.19. The molecule has 27 heavy (non-hydrogen) atoms. The molecule has 3 nitrogen and oxygen atoms in total. The molecular weight excluding hydrogens is 356 g/mol. The summed E-state index contributed by atoms with van der Waals surface area (Å²) in [6.45, 7) is 6.07. The second kappa shape index (κ2) is 13.1. The van der Waals surface area contributed by atoms with Crippen molar-refractivity contribution < 1.29 is 4.79 Å². The van der Waals surface area contributed by atoms with Crippen molar-refractivity contribution in [3.05, 3.63) is 82.5 Å². The average molecular weight is 387 g/mol. The molecular formula is C23H31ClN2O. The number of nitrogens with two attached hydrogens (primary N) is 1. The molecule has 0 aromatic heterocycles. The number of carbonyl (C=O) groups is 1. The van der Waals surface area contributed by atoms with Crippen LogP contribution >= 0.6 is 11.6 Å². The van der Waals surface area contributed by atoms with Crippen LogP contribution in [-0.4, -0.2) is 11.9 Å². The molecule has 0 fully saturated rings. The molecule has 3 N–H and O–H groups in total. The average Bonchev–Trinajstić information content (AvgIpc) is 2.61. The van der Waals surface area contributed by atoms with Crippen molar-refractivity contribution in [2.45, 2.75) is 52.6 Å². The highest BCUT2D eigenvalue weighted by atomic mass is 35.5. The summed E-state index contributed by atoms with van der Waals surface area (Å²) in [4.78, 5) is 10.7. The predicted molar refractivity (Wildman–Crippen MR) is 117 cm³/mol. The van der Waals surface area contributed by atoms with Gasteiger partial charge in [-0.2, -0.15) is 0 Å². The van der Waals surface area contributed by atoms with Gasteiger partial charge in [-0.25, -0.2) is 0 Å². The minimum atomic E-state index is -0.0191. The van der Waals surface area contributed by atoms with Crippen LogP contribution in [0.15, 0.2) is 66.3 Å². The number of nitrogens with one attached hydrogen (secondary N) is 1. The summed E-state index contributed by atoms with van der Waals surface area (Å²) >= 11 is 5.79. The van der Waals surface area contributed by atoms with Gasteiger partial charge in [-0.15, -0.1) is 0 Å². The highest BCUT2D eigenvalue weighted by molar-refractivity contribution is 6.30. The van der Waals surface area contributed by atoms with E-state index >= 15 is 0 Å². The van der Waals surface area contributed by atoms with Crippen LogP contribution in [-0.2, 0) is 11.3 Å². The molecule has 1 aromatic carbocycles. The van der Waals surface area contributed by atoms with Crippen LogP contribution in [0.1, 0.15) is 44.2 Å². The van der Waals surface area contributed by atoms with Gasteiger partial charge < -0.3 is 11.1 Å². The summed E-state index contributed by atoms with van der Waals surface area (Å²) in [6.07, 6.45) is 18.0. The molecule has 1 amide bonds. The fourth-order valence-corrected chi connectivity index (χ4v) is 2.82. The van der Waals surface area contributed by atoms with Gasteiger partial charge in [0.2, 0.25) is 5.91 Å². The van der Waals surface area contributed by atoms with Gasteiger partial charge in [0.25, 0.3) is 0 Å². The van der Waals surface area contributed by atoms with Crippen molar-refractivity contribution in [3.8, 4) is 0 Å². The Morgan fingerprint density at radius 1 is 1.37 bits per heavy atom. The number of carbonyl (C=O) groups excluding carboxylic acids is 1. The Balaban J connectivity index is 0.000000271. The molecule has 1 atom stereocenters. The summed E-state index contributed by atoms with van der Waals surface area (Å²) < 4.78 is 0. The van der Waals surface area contributed by atoms with E-state index in [9.17, 15) is 4.79 Å². The van der Waals surface area contributed by atoms with E-state index in [1.54, 1.807) is 0 Å². The molecule has 0 bridgehead atoms. The number of hydrogen-bond donors (Lipinski definition) is 2. The molecule has 1 unspecified atom stereocenters. The fraction of sp³-hybridized carbons (Fsp3) is 0.348. The highest BCUT2D eigenvalue weighted by Gasteiger charge is 2.05. The molecule has 0 radical (unpaired) electrons. The van der Waals surface area contributed by atoms with Crippen LogP contribution in [0.3, 0.4) is 0 Å². The van der Waals surface area contributed by atoms with Gasteiger partial charge >= 0.3 is 0 Å². The molecule has 1 aromatic rings. The maximum Gasteiger partial charge on any atom is 0.217 e. The van der Waals surface area contributed by atoms with Crippen molar-refractivity contribution in [1.29, 1.82) is 0 Å². The maximum absolute atomic E-state index is 10.7. The second-order valence-electron chi connectivity index (χ2n) is 6.55. The monoisotopic (exact) mass is 386 g/mol. The van der Waals surface area contributed by atoms with Crippen LogP contribution in [0.25, 0.3) is 0 Å². The number of halogens is 1. The Labute approximate surface area is 168 Å². The van der Waals surface area contributed by atoms with E-state index in [-0.39, 0.29) is 11.9 Å². The van der Waals surface area contributed by atoms with Crippen LogP contribution < -0.4 is 11.1 Å². The summed E-state index contributed by atoms with van der Waals surface area (Å²) in [7, 11) is 0. The molecule has 1 aliphatic carbocycles. The first kappa shape index (κ1) is 22.9. The number of amides is 1. The lowest BCUT2D eigenvalue weighted by atomic mass is 9.97. The molecule has 0 aliphatic heterocycles. The van der Waals surface area contributed by atoms with Crippen LogP contribution in [0.5, 0.6) is 0 Å². The van der Waals surface area contributed by atoms with Crippen molar-refractivity contribution in [3.63, 3.8) is 0 Å². The molecule has 1 aliphatic rings. The third kappa shape index (κ3) is 10.6. The van der Waals surface area contributed by atoms with E-state index in [0.29, 0.717) is 6.54 Å². The molecule has 0 saturated heterocycles. The maximum atomic E-state index is 10.7. The molecule has 0 spiro atoms. The third-order valence-corrected chi connectivity index (χ3v) is 4.33. The Morgan fingerprint density at radius 2 is 2.15 bits per heavy atom. The first-order valence-electron chi connectivity index (χ1n) is 9.31. The lowest BCUT2D eigenvalue weighted by molar-refractivity contribution is -0.119. The van der Waals surface area contributed by atoms with Crippen molar-refractivity contribution >= 4 is 17.5 Å². The molecule has 4 heteroatoms. The number of rotatable bonds is 6. The number of hydrogen-bond acceptors (Lipinski definition) is 2. The minimum Gasteiger partial charge on any atom is -0.352 e. The van der Waals surface area contributed by atoms with Crippen molar-refractivity contribution in [1.82, 2.24) is 5.32 Å². The Kier molecular flexibility index (Phi) is 11.2. The van der Waals surface area contributed by atoms with Gasteiger partial charge in [0.15, 0.2) is 0 Å². The van der Waals surface area contributed by atoms with E-state index in [1.807, 2.05) is 38.1 Å². The SMILES string of the molecule is C/C=C\C=C/CCC1=CC=CC(N)C1.CC(=O)NCc1ccc(Cl)cc1C. The van der Waals surface area contributed by atoms with Crippen LogP contribution in [0.4, 0.5) is 0 Å². The molecule has 0 heterocycles. The summed E-state index contributed by atoms with van der Waals surface area (Å²) in [5.74, 6) is -0.0191. The van der Waals surface area contributed by atoms with Crippen LogP contribution in [0.2, 0.25) is 5.02 Å². The molecule has 0 saturated carbocycles. The van der Waals surface area contributed by atoms with Gasteiger partial charge in [0, 0.05) is 24.5 Å². The fourth-order valence-electron chi connectivity index (χ4n) is 2.59. The predicted octanol–water partition coefficient (Wildman–Crippen LogP) is 5.40. The van der Waals surface area contributed by atoms with E-state index in [2.05, 4.69) is 41.8 Å². The first-order valence-corrected chi connectivity index (χ1v) is 9.69. The quantitative estimate of drug-likeness (QED) is 0.643. The van der Waals surface area contributed by atoms with E-state index < -0.39 is 0 Å². The Hall–Kier alpha value is -2.10. The lowest BCUT2D eigenvalue weighted by Gasteiger charge is -2.13. The third-order valence-electron chi connectivity index (χ3n) is 4.09. The van der Waals surface area contributed by atoms with Gasteiger partial charge in [-0.05, 0) is 56.4 Å². The largest absolute Gasteiger partial charge is 0.352 e. The second-order valence-corrected chi connectivity index (χ2v) is 6.99. The standard InChI is InChI=1S/C13H19N.C10H12ClNO/c1-2-3-4-5-6-8-12-9-7-10-13(14)11-12;1-7-5-10(11)4-3-9(7)6-12-8(2)13/h2-5,7,9-10,13H,6,8,11,14H2,1H3;3-5H,6H2,1-2H3,(H,12,13)/b3-2-,5-4-;.